The minimum atomic E-state index is 0.481. The summed E-state index contributed by atoms with van der Waals surface area (Å²) in [5.41, 5.74) is 0.481. The third kappa shape index (κ3) is 2.02. The van der Waals surface area contributed by atoms with Crippen molar-refractivity contribution in [3.05, 3.63) is 0 Å². The summed E-state index contributed by atoms with van der Waals surface area (Å²) in [6.07, 6.45) is 2.58. The molecule has 3 unspecified atom stereocenters. The van der Waals surface area contributed by atoms with Gasteiger partial charge in [-0.05, 0) is 37.1 Å². The van der Waals surface area contributed by atoms with Crippen molar-refractivity contribution in [3.8, 4) is 0 Å². The van der Waals surface area contributed by atoms with E-state index in [-0.39, 0.29) is 0 Å². The molecular weight excluding hydrogens is 198 g/mol. The van der Waals surface area contributed by atoms with E-state index in [1.165, 1.54) is 19.4 Å². The predicted molar refractivity (Wildman–Crippen MR) is 67.4 cm³/mol. The van der Waals surface area contributed by atoms with Gasteiger partial charge in [0.15, 0.2) is 0 Å². The van der Waals surface area contributed by atoms with Gasteiger partial charge in [0.2, 0.25) is 0 Å². The largest absolute Gasteiger partial charge is 0.381 e. The molecule has 2 aliphatic heterocycles. The van der Waals surface area contributed by atoms with Crippen LogP contribution in [0.3, 0.4) is 0 Å². The fraction of sp³-hybridized carbons (Fsp3) is 1.00. The second kappa shape index (κ2) is 4.66. The fourth-order valence-corrected chi connectivity index (χ4v) is 4.02. The van der Waals surface area contributed by atoms with Crippen LogP contribution in [0.1, 0.15) is 40.5 Å². The number of hydrogen-bond acceptors (Lipinski definition) is 2. The van der Waals surface area contributed by atoms with E-state index >= 15 is 0 Å². The van der Waals surface area contributed by atoms with Gasteiger partial charge in [-0.25, -0.2) is 0 Å². The van der Waals surface area contributed by atoms with Gasteiger partial charge in [0.25, 0.3) is 0 Å². The average Bonchev–Trinajstić information content (AvgIpc) is 2.65. The second-order valence-corrected chi connectivity index (χ2v) is 6.41. The van der Waals surface area contributed by atoms with Gasteiger partial charge >= 0.3 is 0 Å². The molecule has 94 valence electrons. The lowest BCUT2D eigenvalue weighted by molar-refractivity contribution is 0.00690. The fourth-order valence-electron chi connectivity index (χ4n) is 4.02. The molecule has 2 aliphatic rings. The molecule has 2 saturated heterocycles. The van der Waals surface area contributed by atoms with Gasteiger partial charge in [0, 0.05) is 18.1 Å². The van der Waals surface area contributed by atoms with Crippen LogP contribution >= 0.6 is 0 Å². The zero-order valence-corrected chi connectivity index (χ0v) is 11.3. The summed E-state index contributed by atoms with van der Waals surface area (Å²) in [4.78, 5) is 0. The maximum atomic E-state index is 5.72. The monoisotopic (exact) mass is 225 g/mol. The summed E-state index contributed by atoms with van der Waals surface area (Å²) >= 11 is 0. The van der Waals surface area contributed by atoms with Gasteiger partial charge in [0.1, 0.15) is 0 Å². The molecular formula is C14H27NO. The van der Waals surface area contributed by atoms with E-state index in [4.69, 9.17) is 4.74 Å². The van der Waals surface area contributed by atoms with Gasteiger partial charge in [-0.3, -0.25) is 0 Å². The number of hydrogen-bond donors (Lipinski definition) is 1. The smallest absolute Gasteiger partial charge is 0.0527 e. The van der Waals surface area contributed by atoms with Crippen LogP contribution < -0.4 is 5.32 Å². The Hall–Kier alpha value is -0.0800. The molecule has 2 heterocycles. The van der Waals surface area contributed by atoms with Crippen molar-refractivity contribution >= 4 is 0 Å². The molecule has 1 spiro atoms. The van der Waals surface area contributed by atoms with Crippen molar-refractivity contribution in [1.29, 1.82) is 0 Å². The van der Waals surface area contributed by atoms with Crippen molar-refractivity contribution in [1.82, 2.24) is 5.32 Å². The third-order valence-electron chi connectivity index (χ3n) is 4.67. The quantitative estimate of drug-likeness (QED) is 0.780. The third-order valence-corrected chi connectivity index (χ3v) is 4.67. The van der Waals surface area contributed by atoms with Crippen molar-refractivity contribution < 1.29 is 4.74 Å². The van der Waals surface area contributed by atoms with Crippen LogP contribution in [0.4, 0.5) is 0 Å². The molecule has 2 fully saturated rings. The Morgan fingerprint density at radius 3 is 2.38 bits per heavy atom. The van der Waals surface area contributed by atoms with E-state index in [1.54, 1.807) is 0 Å². The Kier molecular flexibility index (Phi) is 3.60. The second-order valence-electron chi connectivity index (χ2n) is 6.41. The van der Waals surface area contributed by atoms with Crippen LogP contribution in [0.2, 0.25) is 0 Å². The minimum Gasteiger partial charge on any atom is -0.381 e. The molecule has 0 aromatic rings. The maximum Gasteiger partial charge on any atom is 0.0527 e. The topological polar surface area (TPSA) is 21.3 Å². The zero-order chi connectivity index (χ0) is 11.8. The zero-order valence-electron chi connectivity index (χ0n) is 11.3. The molecule has 1 N–H and O–H groups in total. The van der Waals surface area contributed by atoms with E-state index in [1.807, 2.05) is 0 Å². The first-order valence-electron chi connectivity index (χ1n) is 6.88. The molecule has 0 saturated carbocycles. The summed E-state index contributed by atoms with van der Waals surface area (Å²) in [6.45, 7) is 12.6. The summed E-state index contributed by atoms with van der Waals surface area (Å²) in [5, 5.41) is 3.75. The highest BCUT2D eigenvalue weighted by atomic mass is 16.5. The first-order chi connectivity index (χ1) is 7.57. The Morgan fingerprint density at radius 2 is 1.88 bits per heavy atom. The molecule has 3 atom stereocenters. The van der Waals surface area contributed by atoms with Crippen molar-refractivity contribution in [2.75, 3.05) is 19.8 Å². The average molecular weight is 225 g/mol. The highest BCUT2D eigenvalue weighted by Crippen LogP contribution is 2.48. The molecule has 0 aromatic carbocycles. The maximum absolute atomic E-state index is 5.72. The molecule has 0 amide bonds. The molecule has 2 heteroatoms. The lowest BCUT2D eigenvalue weighted by Crippen LogP contribution is -2.56. The highest BCUT2D eigenvalue weighted by Gasteiger charge is 2.49. The lowest BCUT2D eigenvalue weighted by atomic mass is 9.61. The van der Waals surface area contributed by atoms with Crippen molar-refractivity contribution in [3.63, 3.8) is 0 Å². The number of piperidine rings is 1. The van der Waals surface area contributed by atoms with Crippen LogP contribution in [0.5, 0.6) is 0 Å². The van der Waals surface area contributed by atoms with E-state index < -0.39 is 0 Å². The molecule has 0 aromatic heterocycles. The lowest BCUT2D eigenvalue weighted by Gasteiger charge is -2.49. The van der Waals surface area contributed by atoms with Gasteiger partial charge in [-0.2, -0.15) is 0 Å². The predicted octanol–water partition coefficient (Wildman–Crippen LogP) is 2.68. The normalized spacial score (nSPS) is 40.1. The highest BCUT2D eigenvalue weighted by molar-refractivity contribution is 5.01. The summed E-state index contributed by atoms with van der Waals surface area (Å²) in [7, 11) is 0. The van der Waals surface area contributed by atoms with Crippen LogP contribution in [-0.4, -0.2) is 25.8 Å². The molecule has 2 rings (SSSR count). The molecule has 0 bridgehead atoms. The Labute approximate surface area is 100 Å². The molecule has 2 nitrogen and oxygen atoms in total. The van der Waals surface area contributed by atoms with Crippen LogP contribution in [-0.2, 0) is 4.74 Å². The van der Waals surface area contributed by atoms with E-state index in [2.05, 4.69) is 33.0 Å². The minimum absolute atomic E-state index is 0.481. The van der Waals surface area contributed by atoms with Gasteiger partial charge in [-0.15, -0.1) is 0 Å². The summed E-state index contributed by atoms with van der Waals surface area (Å²) in [5.74, 6) is 2.26. The summed E-state index contributed by atoms with van der Waals surface area (Å²) in [6, 6.07) is 0.676. The van der Waals surface area contributed by atoms with Gasteiger partial charge < -0.3 is 10.1 Å². The van der Waals surface area contributed by atoms with Gasteiger partial charge in [0.05, 0.1) is 6.61 Å². The SMILES string of the molecule is CC(C)C1NCCC2(CCOC2)C1C(C)C. The van der Waals surface area contributed by atoms with Crippen molar-refractivity contribution in [2.24, 2.45) is 23.2 Å². The van der Waals surface area contributed by atoms with Crippen LogP contribution in [0.25, 0.3) is 0 Å². The number of nitrogens with one attached hydrogen (secondary N) is 1. The Morgan fingerprint density at radius 1 is 1.12 bits per heavy atom. The Balaban J connectivity index is 2.23. The standard InChI is InChI=1S/C14H27NO/c1-10(2)12-13(11(3)4)15-7-5-14(12)6-8-16-9-14/h10-13,15H,5-9H2,1-4H3. The van der Waals surface area contributed by atoms with Crippen LogP contribution in [0.15, 0.2) is 0 Å². The molecule has 0 radical (unpaired) electrons. The Bertz CT molecular complexity index is 231. The van der Waals surface area contributed by atoms with Crippen molar-refractivity contribution in [2.45, 2.75) is 46.6 Å². The first-order valence-corrected chi connectivity index (χ1v) is 6.88. The van der Waals surface area contributed by atoms with E-state index in [0.29, 0.717) is 11.5 Å². The molecule has 16 heavy (non-hydrogen) atoms. The van der Waals surface area contributed by atoms with Gasteiger partial charge in [-0.1, -0.05) is 27.7 Å². The van der Waals surface area contributed by atoms with Crippen LogP contribution in [0, 0.1) is 23.2 Å². The number of rotatable bonds is 2. The number of ether oxygens (including phenoxy) is 1. The van der Waals surface area contributed by atoms with E-state index in [0.717, 1.165) is 31.0 Å². The first kappa shape index (κ1) is 12.4. The van der Waals surface area contributed by atoms with E-state index in [9.17, 15) is 0 Å². The summed E-state index contributed by atoms with van der Waals surface area (Å²) < 4.78 is 5.72. The molecule has 0 aliphatic carbocycles.